The van der Waals surface area contributed by atoms with Crippen molar-refractivity contribution in [1.82, 2.24) is 14.9 Å². The van der Waals surface area contributed by atoms with Crippen LogP contribution in [0, 0.1) is 6.92 Å². The highest BCUT2D eigenvalue weighted by Crippen LogP contribution is 2.07. The van der Waals surface area contributed by atoms with Crippen LogP contribution in [-0.2, 0) is 24.7 Å². The fourth-order valence-corrected chi connectivity index (χ4v) is 2.76. The van der Waals surface area contributed by atoms with Crippen molar-refractivity contribution in [2.45, 2.75) is 19.8 Å². The lowest BCUT2D eigenvalue weighted by molar-refractivity contribution is -0.120. The SMILES string of the molecule is Cc1ccc(CC(=O)NCCc2nc3ccccc3c(=O)n2C)cc1. The zero-order valence-electron chi connectivity index (χ0n) is 14.5. The predicted molar refractivity (Wildman–Crippen MR) is 98.6 cm³/mol. The van der Waals surface area contributed by atoms with Crippen LogP contribution in [0.1, 0.15) is 17.0 Å². The highest BCUT2D eigenvalue weighted by molar-refractivity contribution is 5.78. The molecule has 0 fully saturated rings. The first-order chi connectivity index (χ1) is 12.0. The molecule has 0 aliphatic heterocycles. The molecule has 3 rings (SSSR count). The third-order valence-corrected chi connectivity index (χ3v) is 4.23. The van der Waals surface area contributed by atoms with Gasteiger partial charge in [-0.15, -0.1) is 0 Å². The average molecular weight is 335 g/mol. The van der Waals surface area contributed by atoms with E-state index < -0.39 is 0 Å². The molecule has 0 saturated carbocycles. The highest BCUT2D eigenvalue weighted by atomic mass is 16.1. The third-order valence-electron chi connectivity index (χ3n) is 4.23. The van der Waals surface area contributed by atoms with E-state index in [2.05, 4.69) is 10.3 Å². The van der Waals surface area contributed by atoms with E-state index in [-0.39, 0.29) is 11.5 Å². The van der Waals surface area contributed by atoms with Crippen molar-refractivity contribution in [1.29, 1.82) is 0 Å². The number of carbonyl (C=O) groups is 1. The third kappa shape index (κ3) is 3.94. The minimum absolute atomic E-state index is 0.0327. The molecule has 1 aromatic heterocycles. The second-order valence-corrected chi connectivity index (χ2v) is 6.17. The van der Waals surface area contributed by atoms with Gasteiger partial charge < -0.3 is 5.32 Å². The van der Waals surface area contributed by atoms with E-state index in [1.54, 1.807) is 17.7 Å². The van der Waals surface area contributed by atoms with E-state index in [1.807, 2.05) is 49.4 Å². The zero-order valence-corrected chi connectivity index (χ0v) is 14.5. The van der Waals surface area contributed by atoms with Gasteiger partial charge in [0.25, 0.3) is 5.56 Å². The number of hydrogen-bond donors (Lipinski definition) is 1. The van der Waals surface area contributed by atoms with Crippen LogP contribution < -0.4 is 10.9 Å². The number of nitrogens with zero attached hydrogens (tertiary/aromatic N) is 2. The summed E-state index contributed by atoms with van der Waals surface area (Å²) in [6.45, 7) is 2.47. The Morgan fingerprint density at radius 3 is 2.60 bits per heavy atom. The number of carbonyl (C=O) groups excluding carboxylic acids is 1. The average Bonchev–Trinajstić information content (AvgIpc) is 2.61. The van der Waals surface area contributed by atoms with Gasteiger partial charge in [0, 0.05) is 20.0 Å². The summed E-state index contributed by atoms with van der Waals surface area (Å²) in [4.78, 5) is 28.9. The Morgan fingerprint density at radius 1 is 1.12 bits per heavy atom. The van der Waals surface area contributed by atoms with E-state index in [9.17, 15) is 9.59 Å². The van der Waals surface area contributed by atoms with Crippen molar-refractivity contribution in [2.24, 2.45) is 7.05 Å². The normalized spacial score (nSPS) is 10.8. The fraction of sp³-hybridized carbons (Fsp3) is 0.250. The maximum atomic E-state index is 12.4. The standard InChI is InChI=1S/C20H21N3O2/c1-14-7-9-15(10-8-14)13-19(24)21-12-11-18-22-17-6-4-3-5-16(17)20(25)23(18)2/h3-10H,11-13H2,1-2H3,(H,21,24). The number of benzene rings is 2. The molecular formula is C20H21N3O2. The summed E-state index contributed by atoms with van der Waals surface area (Å²) in [7, 11) is 1.71. The molecule has 5 heteroatoms. The van der Waals surface area contributed by atoms with Gasteiger partial charge in [-0.3, -0.25) is 14.2 Å². The summed E-state index contributed by atoms with van der Waals surface area (Å²) in [5.74, 6) is 0.633. The van der Waals surface area contributed by atoms with Gasteiger partial charge in [0.05, 0.1) is 17.3 Å². The summed E-state index contributed by atoms with van der Waals surface area (Å²) in [5.41, 5.74) is 2.78. The molecular weight excluding hydrogens is 314 g/mol. The van der Waals surface area contributed by atoms with Gasteiger partial charge in [-0.05, 0) is 24.6 Å². The summed E-state index contributed by atoms with van der Waals surface area (Å²) in [6.07, 6.45) is 0.862. The number of fused-ring (bicyclic) bond motifs is 1. The molecule has 1 N–H and O–H groups in total. The van der Waals surface area contributed by atoms with E-state index in [4.69, 9.17) is 0 Å². The summed E-state index contributed by atoms with van der Waals surface area (Å²) in [6, 6.07) is 15.2. The predicted octanol–water partition coefficient (Wildman–Crippen LogP) is 2.14. The maximum Gasteiger partial charge on any atom is 0.261 e. The molecule has 0 bridgehead atoms. The molecule has 0 radical (unpaired) electrons. The van der Waals surface area contributed by atoms with Gasteiger partial charge in [-0.1, -0.05) is 42.0 Å². The van der Waals surface area contributed by atoms with Crippen LogP contribution in [0.15, 0.2) is 53.3 Å². The Hall–Kier alpha value is -2.95. The second-order valence-electron chi connectivity index (χ2n) is 6.17. The molecule has 128 valence electrons. The van der Waals surface area contributed by atoms with Crippen molar-refractivity contribution in [2.75, 3.05) is 6.54 Å². The first-order valence-corrected chi connectivity index (χ1v) is 8.31. The lowest BCUT2D eigenvalue weighted by Gasteiger charge is -2.10. The minimum Gasteiger partial charge on any atom is -0.355 e. The quantitative estimate of drug-likeness (QED) is 0.777. The minimum atomic E-state index is -0.0634. The number of nitrogens with one attached hydrogen (secondary N) is 1. The molecule has 0 unspecified atom stereocenters. The maximum absolute atomic E-state index is 12.4. The van der Waals surface area contributed by atoms with Crippen LogP contribution in [0.3, 0.4) is 0 Å². The first-order valence-electron chi connectivity index (χ1n) is 8.31. The van der Waals surface area contributed by atoms with Crippen molar-refractivity contribution in [3.8, 4) is 0 Å². The van der Waals surface area contributed by atoms with E-state index >= 15 is 0 Å². The molecule has 0 atom stereocenters. The first kappa shape index (κ1) is 16.9. The number of rotatable bonds is 5. The topological polar surface area (TPSA) is 64.0 Å². The molecule has 0 aliphatic carbocycles. The summed E-state index contributed by atoms with van der Waals surface area (Å²) >= 11 is 0. The zero-order chi connectivity index (χ0) is 17.8. The molecule has 25 heavy (non-hydrogen) atoms. The number of para-hydroxylation sites is 1. The lowest BCUT2D eigenvalue weighted by atomic mass is 10.1. The van der Waals surface area contributed by atoms with E-state index in [1.165, 1.54) is 5.56 Å². The summed E-state index contributed by atoms with van der Waals surface area (Å²) in [5, 5.41) is 3.50. The van der Waals surface area contributed by atoms with Crippen molar-refractivity contribution in [3.05, 3.63) is 75.8 Å². The smallest absolute Gasteiger partial charge is 0.261 e. The van der Waals surface area contributed by atoms with E-state index in [0.29, 0.717) is 36.1 Å². The fourth-order valence-electron chi connectivity index (χ4n) is 2.76. The highest BCUT2D eigenvalue weighted by Gasteiger charge is 2.08. The van der Waals surface area contributed by atoms with Gasteiger partial charge in [-0.25, -0.2) is 4.98 Å². The number of amides is 1. The number of hydrogen-bond acceptors (Lipinski definition) is 3. The Bertz CT molecular complexity index is 959. The van der Waals surface area contributed by atoms with Crippen LogP contribution in [-0.4, -0.2) is 22.0 Å². The summed E-state index contributed by atoms with van der Waals surface area (Å²) < 4.78 is 1.55. The van der Waals surface area contributed by atoms with Crippen LogP contribution >= 0.6 is 0 Å². The number of aromatic nitrogens is 2. The molecule has 5 nitrogen and oxygen atoms in total. The Morgan fingerprint density at radius 2 is 1.84 bits per heavy atom. The Balaban J connectivity index is 1.63. The molecule has 0 spiro atoms. The van der Waals surface area contributed by atoms with Crippen LogP contribution in [0.25, 0.3) is 10.9 Å². The second kappa shape index (κ2) is 7.30. The lowest BCUT2D eigenvalue weighted by Crippen LogP contribution is -2.30. The Kier molecular flexibility index (Phi) is 4.93. The molecule has 2 aromatic carbocycles. The van der Waals surface area contributed by atoms with Gasteiger partial charge in [0.2, 0.25) is 5.91 Å². The van der Waals surface area contributed by atoms with Gasteiger partial charge in [-0.2, -0.15) is 0 Å². The van der Waals surface area contributed by atoms with Gasteiger partial charge >= 0.3 is 0 Å². The molecule has 0 saturated heterocycles. The van der Waals surface area contributed by atoms with Crippen LogP contribution in [0.4, 0.5) is 0 Å². The van der Waals surface area contributed by atoms with Crippen LogP contribution in [0.2, 0.25) is 0 Å². The monoisotopic (exact) mass is 335 g/mol. The molecule has 1 amide bonds. The van der Waals surface area contributed by atoms with Gasteiger partial charge in [0.15, 0.2) is 0 Å². The Labute approximate surface area is 146 Å². The van der Waals surface area contributed by atoms with Crippen molar-refractivity contribution < 1.29 is 4.79 Å². The van der Waals surface area contributed by atoms with Crippen molar-refractivity contribution >= 4 is 16.8 Å². The van der Waals surface area contributed by atoms with E-state index in [0.717, 1.165) is 5.56 Å². The van der Waals surface area contributed by atoms with Crippen molar-refractivity contribution in [3.63, 3.8) is 0 Å². The number of aryl methyl sites for hydroxylation is 1. The molecule has 0 aliphatic rings. The molecule has 1 heterocycles. The van der Waals surface area contributed by atoms with Gasteiger partial charge in [0.1, 0.15) is 5.82 Å². The molecule has 3 aromatic rings. The van der Waals surface area contributed by atoms with Crippen LogP contribution in [0.5, 0.6) is 0 Å². The largest absolute Gasteiger partial charge is 0.355 e.